The molecule has 0 aliphatic heterocycles. The van der Waals surface area contributed by atoms with Gasteiger partial charge in [0, 0.05) is 17.5 Å². The van der Waals surface area contributed by atoms with Gasteiger partial charge in [-0.1, -0.05) is 15.9 Å². The van der Waals surface area contributed by atoms with Crippen LogP contribution in [-0.4, -0.2) is 30.4 Å². The number of carbonyl (C=O) groups excluding carboxylic acids is 1. The Labute approximate surface area is 153 Å². The van der Waals surface area contributed by atoms with Gasteiger partial charge in [-0.3, -0.25) is 9.36 Å². The van der Waals surface area contributed by atoms with E-state index in [1.54, 1.807) is 0 Å². The van der Waals surface area contributed by atoms with Crippen LogP contribution in [0.3, 0.4) is 0 Å². The molecule has 0 amide bonds. The number of halogens is 5. The monoisotopic (exact) mass is 437 g/mol. The second kappa shape index (κ2) is 7.90. The fourth-order valence-electron chi connectivity index (χ4n) is 2.22. The summed E-state index contributed by atoms with van der Waals surface area (Å²) in [6.45, 7) is -1.67. The molecule has 140 valence electrons. The summed E-state index contributed by atoms with van der Waals surface area (Å²) in [6, 6.07) is 5.08. The quantitative estimate of drug-likeness (QED) is 0.407. The lowest BCUT2D eigenvalue weighted by Crippen LogP contribution is -2.25. The van der Waals surface area contributed by atoms with E-state index >= 15 is 0 Å². The van der Waals surface area contributed by atoms with Gasteiger partial charge in [-0.25, -0.2) is 9.18 Å². The van der Waals surface area contributed by atoms with E-state index in [0.29, 0.717) is 0 Å². The highest BCUT2D eigenvalue weighted by Gasteiger charge is 2.29. The number of nitrogens with zero attached hydrogens (tertiary/aromatic N) is 1. The maximum Gasteiger partial charge on any atom is 0.422 e. The third-order valence-electron chi connectivity index (χ3n) is 3.28. The SMILES string of the molecule is COC(=O)c1ccc(=O)n(-c2ccc(F)cc2OCC(F)(F)F)c1CBr. The minimum Gasteiger partial charge on any atom is -0.482 e. The third-order valence-corrected chi connectivity index (χ3v) is 3.81. The van der Waals surface area contributed by atoms with E-state index in [1.807, 2.05) is 0 Å². The van der Waals surface area contributed by atoms with Crippen LogP contribution < -0.4 is 10.3 Å². The highest BCUT2D eigenvalue weighted by Crippen LogP contribution is 2.28. The number of carbonyl (C=O) groups is 1. The number of alkyl halides is 4. The molecule has 2 aromatic rings. The van der Waals surface area contributed by atoms with Gasteiger partial charge in [0.1, 0.15) is 11.6 Å². The second-order valence-corrected chi connectivity index (χ2v) is 5.57. The fraction of sp³-hybridized carbons (Fsp3) is 0.250. The zero-order valence-corrected chi connectivity index (χ0v) is 14.9. The molecule has 0 fully saturated rings. The Bertz CT molecular complexity index is 880. The van der Waals surface area contributed by atoms with Gasteiger partial charge in [-0.2, -0.15) is 13.2 Å². The molecule has 0 bridgehead atoms. The van der Waals surface area contributed by atoms with E-state index in [-0.39, 0.29) is 22.3 Å². The van der Waals surface area contributed by atoms with Crippen molar-refractivity contribution >= 4 is 21.9 Å². The first-order valence-corrected chi connectivity index (χ1v) is 8.18. The molecule has 1 heterocycles. The Morgan fingerprint density at radius 2 is 1.92 bits per heavy atom. The molecule has 0 aliphatic carbocycles. The second-order valence-electron chi connectivity index (χ2n) is 5.01. The number of ether oxygens (including phenoxy) is 2. The molecule has 0 saturated carbocycles. The summed E-state index contributed by atoms with van der Waals surface area (Å²) in [4.78, 5) is 24.2. The van der Waals surface area contributed by atoms with Gasteiger partial charge in [0.05, 0.1) is 24.1 Å². The maximum absolute atomic E-state index is 13.5. The molecule has 0 aliphatic rings. The lowest BCUT2D eigenvalue weighted by Gasteiger charge is -2.18. The van der Waals surface area contributed by atoms with Crippen LogP contribution in [0.4, 0.5) is 17.6 Å². The first-order chi connectivity index (χ1) is 12.2. The average molecular weight is 438 g/mol. The van der Waals surface area contributed by atoms with Crippen molar-refractivity contribution in [2.75, 3.05) is 13.7 Å². The highest BCUT2D eigenvalue weighted by molar-refractivity contribution is 9.08. The molecular formula is C16H12BrF4NO4. The zero-order valence-electron chi connectivity index (χ0n) is 13.3. The minimum atomic E-state index is -4.65. The summed E-state index contributed by atoms with van der Waals surface area (Å²) in [5.74, 6) is -2.08. The lowest BCUT2D eigenvalue weighted by atomic mass is 10.1. The number of pyridine rings is 1. The van der Waals surface area contributed by atoms with Gasteiger partial charge in [0.25, 0.3) is 5.56 Å². The molecule has 5 nitrogen and oxygen atoms in total. The van der Waals surface area contributed by atoms with Crippen LogP contribution in [0.2, 0.25) is 0 Å². The summed E-state index contributed by atoms with van der Waals surface area (Å²) >= 11 is 3.14. The summed E-state index contributed by atoms with van der Waals surface area (Å²) < 4.78 is 61.1. The van der Waals surface area contributed by atoms with Gasteiger partial charge >= 0.3 is 12.1 Å². The molecule has 0 saturated heterocycles. The topological polar surface area (TPSA) is 57.5 Å². The van der Waals surface area contributed by atoms with Crippen molar-refractivity contribution in [3.05, 3.63) is 57.8 Å². The molecule has 26 heavy (non-hydrogen) atoms. The number of rotatable bonds is 5. The number of esters is 1. The number of aromatic nitrogens is 1. The van der Waals surface area contributed by atoms with Crippen LogP contribution in [0.1, 0.15) is 16.1 Å². The Morgan fingerprint density at radius 1 is 1.23 bits per heavy atom. The van der Waals surface area contributed by atoms with Gasteiger partial charge in [-0.05, 0) is 18.2 Å². The van der Waals surface area contributed by atoms with E-state index in [4.69, 9.17) is 0 Å². The molecule has 0 radical (unpaired) electrons. The molecule has 1 aromatic heterocycles. The highest BCUT2D eigenvalue weighted by atomic mass is 79.9. The van der Waals surface area contributed by atoms with E-state index in [0.717, 1.165) is 35.9 Å². The van der Waals surface area contributed by atoms with Crippen LogP contribution in [0.15, 0.2) is 35.1 Å². The van der Waals surface area contributed by atoms with Gasteiger partial charge in [0.15, 0.2) is 6.61 Å². The number of hydrogen-bond donors (Lipinski definition) is 0. The first-order valence-electron chi connectivity index (χ1n) is 7.06. The Balaban J connectivity index is 2.68. The molecule has 1 aromatic carbocycles. The summed E-state index contributed by atoms with van der Waals surface area (Å²) in [6.07, 6.45) is -4.65. The predicted octanol–water partition coefficient (Wildman–Crippen LogP) is 3.60. The molecule has 0 N–H and O–H groups in total. The van der Waals surface area contributed by atoms with Gasteiger partial charge in [0.2, 0.25) is 0 Å². The summed E-state index contributed by atoms with van der Waals surface area (Å²) in [7, 11) is 1.14. The zero-order chi connectivity index (χ0) is 19.5. The van der Waals surface area contributed by atoms with E-state index in [9.17, 15) is 27.2 Å². The van der Waals surface area contributed by atoms with Crippen molar-refractivity contribution in [1.82, 2.24) is 4.57 Å². The van der Waals surface area contributed by atoms with Crippen molar-refractivity contribution in [1.29, 1.82) is 0 Å². The first kappa shape index (κ1) is 20.0. The van der Waals surface area contributed by atoms with Crippen molar-refractivity contribution < 1.29 is 31.8 Å². The molecular weight excluding hydrogens is 426 g/mol. The third kappa shape index (κ3) is 4.43. The van der Waals surface area contributed by atoms with Gasteiger partial charge < -0.3 is 9.47 Å². The average Bonchev–Trinajstić information content (AvgIpc) is 2.58. The largest absolute Gasteiger partial charge is 0.482 e. The van der Waals surface area contributed by atoms with E-state index < -0.39 is 35.9 Å². The number of hydrogen-bond acceptors (Lipinski definition) is 4. The Kier molecular flexibility index (Phi) is 6.06. The van der Waals surface area contributed by atoms with E-state index in [1.165, 1.54) is 6.07 Å². The summed E-state index contributed by atoms with van der Waals surface area (Å²) in [5.41, 5.74) is -0.640. The maximum atomic E-state index is 13.5. The van der Waals surface area contributed by atoms with Crippen molar-refractivity contribution in [2.24, 2.45) is 0 Å². The molecule has 0 spiro atoms. The molecule has 0 unspecified atom stereocenters. The van der Waals surface area contributed by atoms with Crippen LogP contribution in [0.5, 0.6) is 5.75 Å². The van der Waals surface area contributed by atoms with Crippen LogP contribution in [0, 0.1) is 5.82 Å². The predicted molar refractivity (Wildman–Crippen MR) is 87.5 cm³/mol. The minimum absolute atomic E-state index is 0.00357. The normalized spacial score (nSPS) is 11.3. The van der Waals surface area contributed by atoms with Crippen molar-refractivity contribution in [2.45, 2.75) is 11.5 Å². The van der Waals surface area contributed by atoms with E-state index in [2.05, 4.69) is 25.4 Å². The smallest absolute Gasteiger partial charge is 0.422 e. The van der Waals surface area contributed by atoms with Crippen LogP contribution in [-0.2, 0) is 10.1 Å². The van der Waals surface area contributed by atoms with Crippen molar-refractivity contribution in [3.63, 3.8) is 0 Å². The number of methoxy groups -OCH3 is 1. The number of benzene rings is 1. The molecule has 10 heteroatoms. The molecule has 0 atom stereocenters. The van der Waals surface area contributed by atoms with Gasteiger partial charge in [-0.15, -0.1) is 0 Å². The summed E-state index contributed by atoms with van der Waals surface area (Å²) in [5, 5.41) is 0.00357. The fourth-order valence-corrected chi connectivity index (χ4v) is 2.77. The van der Waals surface area contributed by atoms with Crippen LogP contribution in [0.25, 0.3) is 5.69 Å². The molecule has 2 rings (SSSR count). The Morgan fingerprint density at radius 3 is 2.50 bits per heavy atom. The van der Waals surface area contributed by atoms with Crippen molar-refractivity contribution in [3.8, 4) is 11.4 Å². The Hall–Kier alpha value is -2.36. The standard InChI is InChI=1S/C16H12BrF4NO4/c1-25-15(24)10-3-5-14(23)22(12(10)7-17)11-4-2-9(18)6-13(11)26-8-16(19,20)21/h2-6H,7-8H2,1H3. The lowest BCUT2D eigenvalue weighted by molar-refractivity contribution is -0.153. The van der Waals surface area contributed by atoms with Crippen LogP contribution >= 0.6 is 15.9 Å².